The third kappa shape index (κ3) is 3.76. The van der Waals surface area contributed by atoms with E-state index in [9.17, 15) is 0 Å². The highest BCUT2D eigenvalue weighted by atomic mass is 15.1. The second-order valence-corrected chi connectivity index (χ2v) is 5.51. The predicted octanol–water partition coefficient (Wildman–Crippen LogP) is 2.50. The van der Waals surface area contributed by atoms with Crippen LogP contribution < -0.4 is 5.32 Å². The Balaban J connectivity index is 2.55. The van der Waals surface area contributed by atoms with Gasteiger partial charge >= 0.3 is 0 Å². The van der Waals surface area contributed by atoms with Crippen molar-refractivity contribution in [1.82, 2.24) is 10.2 Å². The minimum atomic E-state index is 0.596. The van der Waals surface area contributed by atoms with Gasteiger partial charge in [0.05, 0.1) is 0 Å². The van der Waals surface area contributed by atoms with E-state index in [2.05, 4.69) is 38.0 Å². The molecule has 0 aromatic carbocycles. The van der Waals surface area contributed by atoms with Crippen LogP contribution in [0.15, 0.2) is 0 Å². The summed E-state index contributed by atoms with van der Waals surface area (Å²) < 4.78 is 0. The SMILES string of the molecule is CCCC1(CN(C)C(C)C)CCNCC1. The predicted molar refractivity (Wildman–Crippen MR) is 67.2 cm³/mol. The molecule has 0 unspecified atom stereocenters. The number of hydrogen-bond donors (Lipinski definition) is 1. The molecule has 2 heteroatoms. The fraction of sp³-hybridized carbons (Fsp3) is 1.00. The minimum Gasteiger partial charge on any atom is -0.317 e. The lowest BCUT2D eigenvalue weighted by molar-refractivity contribution is 0.0999. The van der Waals surface area contributed by atoms with Crippen LogP contribution in [0.3, 0.4) is 0 Å². The summed E-state index contributed by atoms with van der Waals surface area (Å²) in [7, 11) is 2.27. The Kier molecular flexibility index (Phi) is 5.07. The number of nitrogens with zero attached hydrogens (tertiary/aromatic N) is 1. The third-order valence-electron chi connectivity index (χ3n) is 3.91. The van der Waals surface area contributed by atoms with E-state index in [1.165, 1.54) is 45.3 Å². The Labute approximate surface area is 95.4 Å². The topological polar surface area (TPSA) is 15.3 Å². The maximum absolute atomic E-state index is 3.48. The molecule has 0 bridgehead atoms. The summed E-state index contributed by atoms with van der Waals surface area (Å²) >= 11 is 0. The lowest BCUT2D eigenvalue weighted by atomic mass is 9.75. The summed E-state index contributed by atoms with van der Waals surface area (Å²) in [6.07, 6.45) is 5.44. The fourth-order valence-electron chi connectivity index (χ4n) is 2.69. The molecule has 1 fully saturated rings. The average Bonchev–Trinajstić information content (AvgIpc) is 2.19. The van der Waals surface area contributed by atoms with Crippen molar-refractivity contribution < 1.29 is 0 Å². The van der Waals surface area contributed by atoms with Crippen LogP contribution in [0.25, 0.3) is 0 Å². The first-order valence-corrected chi connectivity index (χ1v) is 6.50. The molecule has 15 heavy (non-hydrogen) atoms. The zero-order chi connectivity index (χ0) is 11.3. The molecule has 1 saturated heterocycles. The Morgan fingerprint density at radius 1 is 1.27 bits per heavy atom. The van der Waals surface area contributed by atoms with Crippen LogP contribution in [0.2, 0.25) is 0 Å². The molecule has 0 spiro atoms. The van der Waals surface area contributed by atoms with Crippen molar-refractivity contribution in [2.75, 3.05) is 26.7 Å². The highest BCUT2D eigenvalue weighted by Crippen LogP contribution is 2.34. The van der Waals surface area contributed by atoms with Gasteiger partial charge in [0, 0.05) is 12.6 Å². The molecule has 2 nitrogen and oxygen atoms in total. The van der Waals surface area contributed by atoms with E-state index in [0.29, 0.717) is 11.5 Å². The molecular weight excluding hydrogens is 184 g/mol. The molecule has 0 aliphatic carbocycles. The quantitative estimate of drug-likeness (QED) is 0.753. The van der Waals surface area contributed by atoms with E-state index in [4.69, 9.17) is 0 Å². The molecule has 1 rings (SSSR count). The van der Waals surface area contributed by atoms with Gasteiger partial charge in [-0.05, 0) is 58.7 Å². The molecule has 0 atom stereocenters. The normalized spacial score (nSPS) is 21.2. The molecule has 0 aromatic heterocycles. The van der Waals surface area contributed by atoms with E-state index in [1.54, 1.807) is 0 Å². The monoisotopic (exact) mass is 212 g/mol. The zero-order valence-corrected chi connectivity index (χ0v) is 11.0. The van der Waals surface area contributed by atoms with Gasteiger partial charge in [0.15, 0.2) is 0 Å². The summed E-state index contributed by atoms with van der Waals surface area (Å²) in [6.45, 7) is 10.6. The summed E-state index contributed by atoms with van der Waals surface area (Å²) in [5.74, 6) is 0. The smallest absolute Gasteiger partial charge is 0.00386 e. The average molecular weight is 212 g/mol. The van der Waals surface area contributed by atoms with Gasteiger partial charge in [0.1, 0.15) is 0 Å². The van der Waals surface area contributed by atoms with Gasteiger partial charge in [-0.2, -0.15) is 0 Å². The van der Waals surface area contributed by atoms with Crippen molar-refractivity contribution in [3.05, 3.63) is 0 Å². The number of piperidine rings is 1. The summed E-state index contributed by atoms with van der Waals surface area (Å²) in [5.41, 5.74) is 0.596. The van der Waals surface area contributed by atoms with E-state index in [0.717, 1.165) is 0 Å². The molecule has 1 heterocycles. The number of hydrogen-bond acceptors (Lipinski definition) is 2. The van der Waals surface area contributed by atoms with Crippen molar-refractivity contribution in [2.45, 2.75) is 52.5 Å². The second kappa shape index (κ2) is 5.86. The largest absolute Gasteiger partial charge is 0.317 e. The van der Waals surface area contributed by atoms with Gasteiger partial charge < -0.3 is 10.2 Å². The van der Waals surface area contributed by atoms with Crippen molar-refractivity contribution in [2.24, 2.45) is 5.41 Å². The van der Waals surface area contributed by atoms with Gasteiger partial charge in [-0.25, -0.2) is 0 Å². The van der Waals surface area contributed by atoms with Crippen molar-refractivity contribution in [1.29, 1.82) is 0 Å². The highest BCUT2D eigenvalue weighted by molar-refractivity contribution is 4.87. The summed E-state index contributed by atoms with van der Waals surface area (Å²) in [5, 5.41) is 3.48. The van der Waals surface area contributed by atoms with Crippen LogP contribution in [0.4, 0.5) is 0 Å². The van der Waals surface area contributed by atoms with Crippen LogP contribution in [-0.2, 0) is 0 Å². The van der Waals surface area contributed by atoms with Crippen molar-refractivity contribution in [3.63, 3.8) is 0 Å². The standard InChI is InChI=1S/C13H28N2/c1-5-6-13(7-9-14-10-8-13)11-15(4)12(2)3/h12,14H,5-11H2,1-4H3. The first kappa shape index (κ1) is 13.0. The van der Waals surface area contributed by atoms with Crippen molar-refractivity contribution >= 4 is 0 Å². The Bertz CT molecular complexity index is 166. The highest BCUT2D eigenvalue weighted by Gasteiger charge is 2.32. The van der Waals surface area contributed by atoms with E-state index in [1.807, 2.05) is 0 Å². The molecule has 0 amide bonds. The number of rotatable bonds is 5. The van der Waals surface area contributed by atoms with Crippen LogP contribution >= 0.6 is 0 Å². The van der Waals surface area contributed by atoms with Gasteiger partial charge in [0.2, 0.25) is 0 Å². The van der Waals surface area contributed by atoms with Crippen LogP contribution in [0, 0.1) is 5.41 Å². The Hall–Kier alpha value is -0.0800. The lowest BCUT2D eigenvalue weighted by Gasteiger charge is -2.41. The first-order chi connectivity index (χ1) is 7.09. The lowest BCUT2D eigenvalue weighted by Crippen LogP contribution is -2.45. The maximum atomic E-state index is 3.48. The molecule has 0 saturated carbocycles. The maximum Gasteiger partial charge on any atom is 0.00386 e. The Morgan fingerprint density at radius 3 is 2.33 bits per heavy atom. The summed E-state index contributed by atoms with van der Waals surface area (Å²) in [6, 6.07) is 0.675. The number of nitrogens with one attached hydrogen (secondary N) is 1. The fourth-order valence-corrected chi connectivity index (χ4v) is 2.69. The van der Waals surface area contributed by atoms with Crippen LogP contribution in [-0.4, -0.2) is 37.6 Å². The van der Waals surface area contributed by atoms with Gasteiger partial charge in [-0.3, -0.25) is 0 Å². The Morgan fingerprint density at radius 2 is 1.87 bits per heavy atom. The minimum absolute atomic E-state index is 0.596. The molecule has 1 aliphatic heterocycles. The third-order valence-corrected chi connectivity index (χ3v) is 3.91. The van der Waals surface area contributed by atoms with E-state index in [-0.39, 0.29) is 0 Å². The molecule has 1 N–H and O–H groups in total. The summed E-state index contributed by atoms with van der Waals surface area (Å²) in [4.78, 5) is 2.51. The van der Waals surface area contributed by atoms with E-state index < -0.39 is 0 Å². The van der Waals surface area contributed by atoms with E-state index >= 15 is 0 Å². The van der Waals surface area contributed by atoms with Crippen LogP contribution in [0.1, 0.15) is 46.5 Å². The van der Waals surface area contributed by atoms with Gasteiger partial charge in [-0.1, -0.05) is 13.3 Å². The molecule has 1 aliphatic rings. The van der Waals surface area contributed by atoms with Gasteiger partial charge in [0.25, 0.3) is 0 Å². The zero-order valence-electron chi connectivity index (χ0n) is 11.0. The van der Waals surface area contributed by atoms with Gasteiger partial charge in [-0.15, -0.1) is 0 Å². The molecular formula is C13H28N2. The van der Waals surface area contributed by atoms with Crippen LogP contribution in [0.5, 0.6) is 0 Å². The first-order valence-electron chi connectivity index (χ1n) is 6.50. The van der Waals surface area contributed by atoms with Crippen molar-refractivity contribution in [3.8, 4) is 0 Å². The molecule has 0 radical (unpaired) electrons. The molecule has 0 aromatic rings. The second-order valence-electron chi connectivity index (χ2n) is 5.51. The molecule has 90 valence electrons.